The molecule has 2 heterocycles. The van der Waals surface area contributed by atoms with Gasteiger partial charge >= 0.3 is 0 Å². The first kappa shape index (κ1) is 12.3. The SMILES string of the molecule is Cc1cc(C)nc(-c2ccc3cc(C#N)ccc3n2)c1. The van der Waals surface area contributed by atoms with Gasteiger partial charge in [0.1, 0.15) is 0 Å². The maximum absolute atomic E-state index is 8.91. The Hall–Kier alpha value is -2.73. The summed E-state index contributed by atoms with van der Waals surface area (Å²) >= 11 is 0. The number of benzene rings is 1. The van der Waals surface area contributed by atoms with Gasteiger partial charge in [0.2, 0.25) is 0 Å². The van der Waals surface area contributed by atoms with Gasteiger partial charge in [0.05, 0.1) is 28.5 Å². The molecule has 0 radical (unpaired) electrons. The normalized spacial score (nSPS) is 10.4. The first-order chi connectivity index (χ1) is 9.65. The quantitative estimate of drug-likeness (QED) is 0.668. The van der Waals surface area contributed by atoms with Crippen LogP contribution in [0.2, 0.25) is 0 Å². The molecular formula is C17H13N3. The lowest BCUT2D eigenvalue weighted by Crippen LogP contribution is -1.92. The van der Waals surface area contributed by atoms with E-state index >= 15 is 0 Å². The second-order valence-corrected chi connectivity index (χ2v) is 4.89. The van der Waals surface area contributed by atoms with Crippen LogP contribution in [-0.2, 0) is 0 Å². The molecular weight excluding hydrogens is 246 g/mol. The molecule has 0 bridgehead atoms. The van der Waals surface area contributed by atoms with Crippen LogP contribution >= 0.6 is 0 Å². The van der Waals surface area contributed by atoms with Gasteiger partial charge in [0.25, 0.3) is 0 Å². The third-order valence-corrected chi connectivity index (χ3v) is 3.18. The predicted molar refractivity (Wildman–Crippen MR) is 79.2 cm³/mol. The molecule has 0 N–H and O–H groups in total. The fourth-order valence-electron chi connectivity index (χ4n) is 2.31. The molecule has 0 atom stereocenters. The summed E-state index contributed by atoms with van der Waals surface area (Å²) in [6, 6.07) is 15.7. The van der Waals surface area contributed by atoms with E-state index in [1.54, 1.807) is 6.07 Å². The summed E-state index contributed by atoms with van der Waals surface area (Å²) < 4.78 is 0. The molecule has 0 spiro atoms. The van der Waals surface area contributed by atoms with Crippen molar-refractivity contribution in [1.29, 1.82) is 5.26 Å². The Bertz CT molecular complexity index is 824. The van der Waals surface area contributed by atoms with Crippen molar-refractivity contribution in [3.63, 3.8) is 0 Å². The van der Waals surface area contributed by atoms with Crippen molar-refractivity contribution in [2.24, 2.45) is 0 Å². The van der Waals surface area contributed by atoms with Crippen LogP contribution < -0.4 is 0 Å². The van der Waals surface area contributed by atoms with E-state index in [0.29, 0.717) is 5.56 Å². The summed E-state index contributed by atoms with van der Waals surface area (Å²) in [5.41, 5.74) is 5.43. The fraction of sp³-hybridized carbons (Fsp3) is 0.118. The van der Waals surface area contributed by atoms with Crippen molar-refractivity contribution in [3.05, 3.63) is 59.3 Å². The number of hydrogen-bond acceptors (Lipinski definition) is 3. The Morgan fingerprint density at radius 1 is 0.900 bits per heavy atom. The average Bonchev–Trinajstić information content (AvgIpc) is 2.45. The molecule has 0 saturated carbocycles. The van der Waals surface area contributed by atoms with Crippen molar-refractivity contribution in [1.82, 2.24) is 9.97 Å². The van der Waals surface area contributed by atoms with E-state index in [1.165, 1.54) is 5.56 Å². The zero-order chi connectivity index (χ0) is 14.1. The minimum absolute atomic E-state index is 0.650. The van der Waals surface area contributed by atoms with Crippen molar-refractivity contribution in [2.75, 3.05) is 0 Å². The second kappa shape index (κ2) is 4.75. The third-order valence-electron chi connectivity index (χ3n) is 3.18. The highest BCUT2D eigenvalue weighted by molar-refractivity contribution is 5.82. The van der Waals surface area contributed by atoms with Crippen LogP contribution in [0.4, 0.5) is 0 Å². The molecule has 0 saturated heterocycles. The number of aryl methyl sites for hydroxylation is 2. The highest BCUT2D eigenvalue weighted by Gasteiger charge is 2.05. The van der Waals surface area contributed by atoms with Crippen LogP contribution in [-0.4, -0.2) is 9.97 Å². The van der Waals surface area contributed by atoms with Gasteiger partial charge in [-0.2, -0.15) is 5.26 Å². The van der Waals surface area contributed by atoms with E-state index in [1.807, 2.05) is 43.3 Å². The van der Waals surface area contributed by atoms with Crippen molar-refractivity contribution < 1.29 is 0 Å². The lowest BCUT2D eigenvalue weighted by molar-refractivity contribution is 1.17. The molecule has 3 nitrogen and oxygen atoms in total. The number of fused-ring (bicyclic) bond motifs is 1. The number of hydrogen-bond donors (Lipinski definition) is 0. The van der Waals surface area contributed by atoms with Crippen LogP contribution in [0.1, 0.15) is 16.8 Å². The summed E-state index contributed by atoms with van der Waals surface area (Å²) in [6.07, 6.45) is 0. The van der Waals surface area contributed by atoms with Crippen LogP contribution in [0.15, 0.2) is 42.5 Å². The first-order valence-electron chi connectivity index (χ1n) is 6.42. The van der Waals surface area contributed by atoms with Crippen molar-refractivity contribution in [2.45, 2.75) is 13.8 Å². The number of rotatable bonds is 1. The molecule has 0 fully saturated rings. The molecule has 3 rings (SSSR count). The van der Waals surface area contributed by atoms with Crippen LogP contribution in [0.5, 0.6) is 0 Å². The minimum Gasteiger partial charge on any atom is -0.251 e. The van der Waals surface area contributed by atoms with Crippen LogP contribution in [0.25, 0.3) is 22.3 Å². The van der Waals surface area contributed by atoms with E-state index in [4.69, 9.17) is 5.26 Å². The van der Waals surface area contributed by atoms with Gasteiger partial charge in [-0.1, -0.05) is 6.07 Å². The molecule has 3 aromatic rings. The lowest BCUT2D eigenvalue weighted by Gasteiger charge is -2.05. The summed E-state index contributed by atoms with van der Waals surface area (Å²) in [6.45, 7) is 4.04. The maximum atomic E-state index is 8.91. The van der Waals surface area contributed by atoms with E-state index < -0.39 is 0 Å². The van der Waals surface area contributed by atoms with Gasteiger partial charge in [-0.15, -0.1) is 0 Å². The van der Waals surface area contributed by atoms with Gasteiger partial charge in [0.15, 0.2) is 0 Å². The van der Waals surface area contributed by atoms with Gasteiger partial charge in [-0.25, -0.2) is 4.98 Å². The zero-order valence-corrected chi connectivity index (χ0v) is 11.4. The van der Waals surface area contributed by atoms with Crippen molar-refractivity contribution >= 4 is 10.9 Å². The predicted octanol–water partition coefficient (Wildman–Crippen LogP) is 3.79. The molecule has 96 valence electrons. The third kappa shape index (κ3) is 2.24. The highest BCUT2D eigenvalue weighted by Crippen LogP contribution is 2.21. The van der Waals surface area contributed by atoms with E-state index in [0.717, 1.165) is 28.0 Å². The number of nitrogens with zero attached hydrogens (tertiary/aromatic N) is 3. The highest BCUT2D eigenvalue weighted by atomic mass is 14.8. The van der Waals surface area contributed by atoms with Crippen molar-refractivity contribution in [3.8, 4) is 17.5 Å². The van der Waals surface area contributed by atoms with Gasteiger partial charge in [-0.3, -0.25) is 4.98 Å². The molecule has 0 aliphatic carbocycles. The molecule has 0 unspecified atom stereocenters. The average molecular weight is 259 g/mol. The Labute approximate surface area is 117 Å². The molecule has 0 aliphatic rings. The largest absolute Gasteiger partial charge is 0.251 e. The smallest absolute Gasteiger partial charge is 0.0991 e. The minimum atomic E-state index is 0.650. The van der Waals surface area contributed by atoms with Crippen LogP contribution in [0, 0.1) is 25.2 Å². The van der Waals surface area contributed by atoms with Gasteiger partial charge < -0.3 is 0 Å². The molecule has 2 aromatic heterocycles. The fourth-order valence-corrected chi connectivity index (χ4v) is 2.31. The number of aromatic nitrogens is 2. The summed E-state index contributed by atoms with van der Waals surface area (Å²) in [5, 5.41) is 9.88. The van der Waals surface area contributed by atoms with Gasteiger partial charge in [-0.05, 0) is 55.8 Å². The summed E-state index contributed by atoms with van der Waals surface area (Å²) in [4.78, 5) is 9.16. The standard InChI is InChI=1S/C17H13N3/c1-11-7-12(2)19-17(8-11)16-6-4-14-9-13(10-18)3-5-15(14)20-16/h3-9H,1-2H3. The van der Waals surface area contributed by atoms with E-state index in [2.05, 4.69) is 23.0 Å². The number of pyridine rings is 2. The summed E-state index contributed by atoms with van der Waals surface area (Å²) in [5.74, 6) is 0. The zero-order valence-electron chi connectivity index (χ0n) is 11.4. The Morgan fingerprint density at radius 2 is 1.75 bits per heavy atom. The lowest BCUT2D eigenvalue weighted by atomic mass is 10.1. The molecule has 0 aliphatic heterocycles. The first-order valence-corrected chi connectivity index (χ1v) is 6.42. The second-order valence-electron chi connectivity index (χ2n) is 4.89. The summed E-state index contributed by atoms with van der Waals surface area (Å²) in [7, 11) is 0. The molecule has 3 heteroatoms. The molecule has 1 aromatic carbocycles. The topological polar surface area (TPSA) is 49.6 Å². The van der Waals surface area contributed by atoms with Gasteiger partial charge in [0, 0.05) is 11.1 Å². The number of nitriles is 1. The monoisotopic (exact) mass is 259 g/mol. The van der Waals surface area contributed by atoms with E-state index in [-0.39, 0.29) is 0 Å². The molecule has 0 amide bonds. The maximum Gasteiger partial charge on any atom is 0.0991 e. The Kier molecular flexibility index (Phi) is 2.92. The van der Waals surface area contributed by atoms with Crippen LogP contribution in [0.3, 0.4) is 0 Å². The Balaban J connectivity index is 2.16. The molecule has 20 heavy (non-hydrogen) atoms. The van der Waals surface area contributed by atoms with E-state index in [9.17, 15) is 0 Å². The Morgan fingerprint density at radius 3 is 2.50 bits per heavy atom.